The van der Waals surface area contributed by atoms with Gasteiger partial charge in [-0.05, 0) is 61.7 Å². The van der Waals surface area contributed by atoms with Gasteiger partial charge in [-0.2, -0.15) is 5.10 Å². The molecule has 0 unspecified atom stereocenters. The lowest BCUT2D eigenvalue weighted by atomic mass is 10.0. The number of carbonyl (C=O) groups is 2. The van der Waals surface area contributed by atoms with Crippen LogP contribution in [0.3, 0.4) is 0 Å². The minimum atomic E-state index is -0.0627. The Bertz CT molecular complexity index is 1140. The molecule has 0 bridgehead atoms. The molecule has 4 rings (SSSR count). The van der Waals surface area contributed by atoms with E-state index in [2.05, 4.69) is 26.0 Å². The first-order chi connectivity index (χ1) is 14.8. The third-order valence-electron chi connectivity index (χ3n) is 5.99. The normalized spacial score (nSPS) is 14.1. The number of aryl methyl sites for hydroxylation is 3. The van der Waals surface area contributed by atoms with E-state index in [4.69, 9.17) is 5.10 Å². The van der Waals surface area contributed by atoms with Gasteiger partial charge in [-0.1, -0.05) is 24.3 Å². The molecular formula is C25H28N4O2. The van der Waals surface area contributed by atoms with E-state index in [1.807, 2.05) is 48.2 Å². The van der Waals surface area contributed by atoms with Gasteiger partial charge in [-0.15, -0.1) is 0 Å². The molecule has 0 atom stereocenters. The number of hydrogen-bond acceptors (Lipinski definition) is 3. The van der Waals surface area contributed by atoms with Crippen LogP contribution >= 0.6 is 0 Å². The summed E-state index contributed by atoms with van der Waals surface area (Å²) >= 11 is 0. The zero-order valence-electron chi connectivity index (χ0n) is 18.6. The van der Waals surface area contributed by atoms with Gasteiger partial charge in [-0.25, -0.2) is 4.68 Å². The maximum Gasteiger partial charge on any atom is 0.272 e. The van der Waals surface area contributed by atoms with E-state index in [9.17, 15) is 9.59 Å². The largest absolute Gasteiger partial charge is 0.339 e. The molecule has 2 amide bonds. The number of nitrogens with zero attached hydrogens (tertiary/aromatic N) is 4. The number of rotatable bonds is 3. The Morgan fingerprint density at radius 2 is 1.55 bits per heavy atom. The van der Waals surface area contributed by atoms with Crippen LogP contribution in [0.2, 0.25) is 0 Å². The fourth-order valence-electron chi connectivity index (χ4n) is 3.92. The summed E-state index contributed by atoms with van der Waals surface area (Å²) in [5.41, 5.74) is 6.68. The lowest BCUT2D eigenvalue weighted by Crippen LogP contribution is -2.50. The van der Waals surface area contributed by atoms with E-state index < -0.39 is 0 Å². The first-order valence-electron chi connectivity index (χ1n) is 10.6. The molecule has 1 fully saturated rings. The highest BCUT2D eigenvalue weighted by molar-refractivity contribution is 5.94. The number of benzene rings is 2. The van der Waals surface area contributed by atoms with Gasteiger partial charge in [0.15, 0.2) is 0 Å². The lowest BCUT2D eigenvalue weighted by Gasteiger charge is -2.34. The summed E-state index contributed by atoms with van der Waals surface area (Å²) in [6.45, 7) is 9.93. The number of amides is 2. The van der Waals surface area contributed by atoms with Crippen molar-refractivity contribution in [2.45, 2.75) is 27.7 Å². The predicted molar refractivity (Wildman–Crippen MR) is 121 cm³/mol. The summed E-state index contributed by atoms with van der Waals surface area (Å²) in [7, 11) is 0. The van der Waals surface area contributed by atoms with Gasteiger partial charge >= 0.3 is 0 Å². The summed E-state index contributed by atoms with van der Waals surface area (Å²) < 4.78 is 1.75. The summed E-state index contributed by atoms with van der Waals surface area (Å²) in [5.74, 6) is -0.0128. The Kier molecular flexibility index (Phi) is 5.63. The van der Waals surface area contributed by atoms with Crippen molar-refractivity contribution in [2.24, 2.45) is 0 Å². The molecular weight excluding hydrogens is 388 g/mol. The number of piperazine rings is 1. The quantitative estimate of drug-likeness (QED) is 0.653. The van der Waals surface area contributed by atoms with Gasteiger partial charge in [0.25, 0.3) is 5.91 Å². The molecule has 2 heterocycles. The second kappa shape index (κ2) is 8.38. The Hall–Kier alpha value is -3.41. The molecule has 0 spiro atoms. The molecule has 1 aromatic heterocycles. The van der Waals surface area contributed by atoms with Gasteiger partial charge in [0, 0.05) is 38.7 Å². The second-order valence-corrected chi connectivity index (χ2v) is 8.26. The van der Waals surface area contributed by atoms with Crippen LogP contribution in [0.4, 0.5) is 0 Å². The van der Waals surface area contributed by atoms with Gasteiger partial charge in [0.2, 0.25) is 5.91 Å². The van der Waals surface area contributed by atoms with Crippen molar-refractivity contribution in [1.82, 2.24) is 19.6 Å². The average molecular weight is 417 g/mol. The number of aromatic nitrogens is 2. The van der Waals surface area contributed by atoms with Gasteiger partial charge in [-0.3, -0.25) is 9.59 Å². The molecule has 1 saturated heterocycles. The Morgan fingerprint density at radius 1 is 0.839 bits per heavy atom. The topological polar surface area (TPSA) is 58.4 Å². The van der Waals surface area contributed by atoms with Crippen molar-refractivity contribution in [3.05, 3.63) is 70.9 Å². The van der Waals surface area contributed by atoms with Gasteiger partial charge in [0.1, 0.15) is 5.69 Å². The minimum Gasteiger partial charge on any atom is -0.339 e. The maximum atomic E-state index is 13.5. The van der Waals surface area contributed by atoms with Crippen LogP contribution in [-0.2, 0) is 4.79 Å². The molecule has 3 aromatic rings. The number of carbonyl (C=O) groups excluding carboxylic acids is 2. The van der Waals surface area contributed by atoms with Crippen LogP contribution in [-0.4, -0.2) is 57.6 Å². The van der Waals surface area contributed by atoms with Crippen molar-refractivity contribution in [2.75, 3.05) is 26.2 Å². The van der Waals surface area contributed by atoms with Crippen LogP contribution < -0.4 is 0 Å². The SMILES string of the molecule is CC(=O)N1CCN(C(=O)c2cc(-c3ccc(C)c(C)c3)nn2-c2cccc(C)c2)CC1. The van der Waals surface area contributed by atoms with Crippen molar-refractivity contribution in [3.63, 3.8) is 0 Å². The standard InChI is InChI=1S/C25H28N4O2/c1-17-6-5-7-22(14-17)29-24(25(31)28-12-10-27(11-13-28)20(4)30)16-23(26-29)21-9-8-18(2)19(3)15-21/h5-9,14-16H,10-13H2,1-4H3. The van der Waals surface area contributed by atoms with E-state index in [-0.39, 0.29) is 11.8 Å². The highest BCUT2D eigenvalue weighted by Gasteiger charge is 2.27. The van der Waals surface area contributed by atoms with E-state index in [0.29, 0.717) is 31.9 Å². The first-order valence-corrected chi connectivity index (χ1v) is 10.6. The third kappa shape index (κ3) is 4.24. The molecule has 1 aliphatic heterocycles. The molecule has 160 valence electrons. The highest BCUT2D eigenvalue weighted by Crippen LogP contribution is 2.25. The van der Waals surface area contributed by atoms with E-state index in [1.54, 1.807) is 16.5 Å². The van der Waals surface area contributed by atoms with Gasteiger partial charge in [0.05, 0.1) is 11.4 Å². The summed E-state index contributed by atoms with van der Waals surface area (Å²) in [4.78, 5) is 28.7. The zero-order chi connectivity index (χ0) is 22.1. The first kappa shape index (κ1) is 20.8. The molecule has 6 nitrogen and oxygen atoms in total. The molecule has 0 radical (unpaired) electrons. The molecule has 0 aliphatic carbocycles. The van der Waals surface area contributed by atoms with Crippen molar-refractivity contribution in [1.29, 1.82) is 0 Å². The summed E-state index contributed by atoms with van der Waals surface area (Å²) in [5, 5.41) is 4.83. The molecule has 2 aromatic carbocycles. The van der Waals surface area contributed by atoms with Crippen LogP contribution in [0.1, 0.15) is 34.1 Å². The Labute approximate surface area is 183 Å². The summed E-state index contributed by atoms with van der Waals surface area (Å²) in [6, 6.07) is 16.1. The van der Waals surface area contributed by atoms with E-state index in [0.717, 1.165) is 22.5 Å². The van der Waals surface area contributed by atoms with Gasteiger partial charge < -0.3 is 9.80 Å². The van der Waals surface area contributed by atoms with Crippen LogP contribution in [0.25, 0.3) is 16.9 Å². The fourth-order valence-corrected chi connectivity index (χ4v) is 3.92. The lowest BCUT2D eigenvalue weighted by molar-refractivity contribution is -0.130. The molecule has 1 aliphatic rings. The van der Waals surface area contributed by atoms with Crippen LogP contribution in [0.15, 0.2) is 48.5 Å². The molecule has 0 N–H and O–H groups in total. The van der Waals surface area contributed by atoms with Crippen LogP contribution in [0, 0.1) is 20.8 Å². The smallest absolute Gasteiger partial charge is 0.272 e. The highest BCUT2D eigenvalue weighted by atomic mass is 16.2. The number of hydrogen-bond donors (Lipinski definition) is 0. The molecule has 6 heteroatoms. The average Bonchev–Trinajstić information content (AvgIpc) is 3.21. The van der Waals surface area contributed by atoms with Crippen LogP contribution in [0.5, 0.6) is 0 Å². The Morgan fingerprint density at radius 3 is 2.19 bits per heavy atom. The molecule has 31 heavy (non-hydrogen) atoms. The second-order valence-electron chi connectivity index (χ2n) is 8.26. The van der Waals surface area contributed by atoms with Crippen molar-refractivity contribution < 1.29 is 9.59 Å². The maximum absolute atomic E-state index is 13.5. The van der Waals surface area contributed by atoms with E-state index >= 15 is 0 Å². The Balaban J connectivity index is 1.73. The molecule has 0 saturated carbocycles. The van der Waals surface area contributed by atoms with E-state index in [1.165, 1.54) is 11.1 Å². The van der Waals surface area contributed by atoms with Crippen molar-refractivity contribution in [3.8, 4) is 16.9 Å². The monoisotopic (exact) mass is 416 g/mol. The minimum absolute atomic E-state index is 0.0499. The zero-order valence-corrected chi connectivity index (χ0v) is 18.6. The fraction of sp³-hybridized carbons (Fsp3) is 0.320. The third-order valence-corrected chi connectivity index (χ3v) is 5.99. The predicted octanol–water partition coefficient (Wildman–Crippen LogP) is 3.77. The van der Waals surface area contributed by atoms with Crippen molar-refractivity contribution >= 4 is 11.8 Å². The summed E-state index contributed by atoms with van der Waals surface area (Å²) in [6.07, 6.45) is 0.